The molecule has 0 fully saturated rings. The van der Waals surface area contributed by atoms with Crippen LogP contribution in [0.4, 0.5) is 0 Å². The topological polar surface area (TPSA) is 94.1 Å². The van der Waals surface area contributed by atoms with Gasteiger partial charge in [-0.25, -0.2) is 15.0 Å². The van der Waals surface area contributed by atoms with E-state index in [1.807, 2.05) is 20.8 Å². The minimum Gasteiger partial charge on any atom is -0.496 e. The Hall–Kier alpha value is -4.53. The first-order chi connectivity index (χ1) is 18.9. The van der Waals surface area contributed by atoms with Gasteiger partial charge >= 0.3 is 0 Å². The highest BCUT2D eigenvalue weighted by molar-refractivity contribution is 6.46. The van der Waals surface area contributed by atoms with E-state index in [2.05, 4.69) is 0 Å². The van der Waals surface area contributed by atoms with Crippen molar-refractivity contribution in [2.75, 3.05) is 42.7 Å². The van der Waals surface area contributed by atoms with E-state index in [0.717, 1.165) is 81.7 Å². The molecule has 0 bridgehead atoms. The van der Waals surface area contributed by atoms with Crippen molar-refractivity contribution >= 4 is 65.0 Å². The Kier molecular flexibility index (Phi) is 4.69. The molecule has 4 aromatic carbocycles. The summed E-state index contributed by atoms with van der Waals surface area (Å²) in [5.74, 6) is 3.35. The van der Waals surface area contributed by atoms with E-state index >= 15 is 0 Å². The molecule has 7 rings (SSSR count). The number of aromatic nitrogens is 3. The smallest absolute Gasteiger partial charge is 0.225 e. The number of benzene rings is 4. The number of methoxy groups -OCH3 is 6. The lowest BCUT2D eigenvalue weighted by Gasteiger charge is -2.27. The van der Waals surface area contributed by atoms with Crippen LogP contribution in [0.5, 0.6) is 34.9 Å². The lowest BCUT2D eigenvalue weighted by Crippen LogP contribution is -2.07. The molecule has 7 aromatic rings. The van der Waals surface area contributed by atoms with Crippen LogP contribution >= 0.6 is 0 Å². The highest BCUT2D eigenvalue weighted by atomic mass is 16.5. The zero-order chi connectivity index (χ0) is 27.5. The van der Waals surface area contributed by atoms with Gasteiger partial charge in [0, 0.05) is 49.0 Å². The van der Waals surface area contributed by atoms with E-state index in [0.29, 0.717) is 34.9 Å². The first kappa shape index (κ1) is 23.6. The molecule has 0 N–H and O–H groups in total. The summed E-state index contributed by atoms with van der Waals surface area (Å²) in [5.41, 5.74) is 4.90. The molecule has 0 aliphatic carbocycles. The number of aryl methyl sites for hydroxylation is 3. The van der Waals surface area contributed by atoms with Gasteiger partial charge in [-0.1, -0.05) is 0 Å². The number of hydrogen-bond acceptors (Lipinski definition) is 9. The van der Waals surface area contributed by atoms with E-state index in [1.165, 1.54) is 0 Å². The molecule has 0 saturated carbocycles. The fraction of sp³-hybridized carbons (Fsp3) is 0.300. The van der Waals surface area contributed by atoms with Crippen molar-refractivity contribution in [1.82, 2.24) is 15.0 Å². The van der Waals surface area contributed by atoms with Gasteiger partial charge in [0.15, 0.2) is 0 Å². The van der Waals surface area contributed by atoms with Gasteiger partial charge in [-0.3, -0.25) is 0 Å². The van der Waals surface area contributed by atoms with Crippen LogP contribution in [-0.4, -0.2) is 57.6 Å². The Balaban J connectivity index is 2.04. The van der Waals surface area contributed by atoms with Gasteiger partial charge in [-0.05, 0) is 20.8 Å². The number of hydrogen-bond donors (Lipinski definition) is 0. The van der Waals surface area contributed by atoms with Crippen molar-refractivity contribution in [3.63, 3.8) is 0 Å². The second-order valence-corrected chi connectivity index (χ2v) is 9.76. The molecule has 0 unspecified atom stereocenters. The van der Waals surface area contributed by atoms with Gasteiger partial charge in [0.2, 0.25) is 17.6 Å². The molecule has 0 aliphatic heterocycles. The molecule has 198 valence electrons. The zero-order valence-electron chi connectivity index (χ0n) is 23.3. The van der Waals surface area contributed by atoms with Gasteiger partial charge in [0.1, 0.15) is 17.2 Å². The maximum atomic E-state index is 6.01. The quantitative estimate of drug-likeness (QED) is 0.189. The second kappa shape index (κ2) is 7.75. The number of rotatable bonds is 6. The minimum atomic E-state index is 0.465. The third-order valence-corrected chi connectivity index (χ3v) is 8.20. The molecular formula is C30H27N3O6. The highest BCUT2D eigenvalue weighted by Gasteiger charge is 2.34. The van der Waals surface area contributed by atoms with Crippen molar-refractivity contribution in [3.05, 3.63) is 16.7 Å². The Bertz CT molecular complexity index is 1850. The predicted octanol–water partition coefficient (Wildman–Crippen LogP) is 6.08. The van der Waals surface area contributed by atoms with Crippen molar-refractivity contribution < 1.29 is 28.4 Å². The lowest BCUT2D eigenvalue weighted by atomic mass is 9.83. The molecule has 3 aromatic heterocycles. The first-order valence-corrected chi connectivity index (χ1v) is 12.5. The Morgan fingerprint density at radius 3 is 0.795 bits per heavy atom. The highest BCUT2D eigenvalue weighted by Crippen LogP contribution is 2.58. The van der Waals surface area contributed by atoms with Crippen LogP contribution < -0.4 is 28.4 Å². The van der Waals surface area contributed by atoms with Gasteiger partial charge in [-0.15, -0.1) is 0 Å². The maximum Gasteiger partial charge on any atom is 0.225 e. The number of nitrogens with zero attached hydrogens (tertiary/aromatic N) is 3. The van der Waals surface area contributed by atoms with Crippen molar-refractivity contribution in [1.29, 1.82) is 0 Å². The monoisotopic (exact) mass is 525 g/mol. The van der Waals surface area contributed by atoms with E-state index in [-0.39, 0.29) is 0 Å². The van der Waals surface area contributed by atoms with Gasteiger partial charge in [-0.2, -0.15) is 0 Å². The molecular weight excluding hydrogens is 498 g/mol. The van der Waals surface area contributed by atoms with Crippen LogP contribution in [0, 0.1) is 20.8 Å². The SMILES string of the molecule is COc1nc2c(C)c(OC)c3c(OC)nc4c(C)c(OC)c5c(OC)nc6c(C)c(OC)c1c1c6c5c4c3c21. The molecule has 9 heteroatoms. The first-order valence-electron chi connectivity index (χ1n) is 12.5. The summed E-state index contributed by atoms with van der Waals surface area (Å²) < 4.78 is 35.8. The maximum absolute atomic E-state index is 6.01. The van der Waals surface area contributed by atoms with E-state index in [1.54, 1.807) is 42.7 Å². The van der Waals surface area contributed by atoms with Crippen molar-refractivity contribution in [2.45, 2.75) is 20.8 Å². The summed E-state index contributed by atoms with van der Waals surface area (Å²) in [5, 5.41) is 8.05. The molecule has 0 amide bonds. The minimum absolute atomic E-state index is 0.465. The van der Waals surface area contributed by atoms with Crippen LogP contribution in [0.3, 0.4) is 0 Å². The summed E-state index contributed by atoms with van der Waals surface area (Å²) in [6, 6.07) is 0. The van der Waals surface area contributed by atoms with Gasteiger partial charge in [0.25, 0.3) is 0 Å². The van der Waals surface area contributed by atoms with Crippen LogP contribution in [0.2, 0.25) is 0 Å². The molecule has 0 radical (unpaired) electrons. The van der Waals surface area contributed by atoms with Crippen molar-refractivity contribution in [2.24, 2.45) is 0 Å². The average Bonchev–Trinajstić information content (AvgIpc) is 2.96. The Labute approximate surface area is 223 Å². The number of pyridine rings is 3. The molecule has 0 atom stereocenters. The normalized spacial score (nSPS) is 12.2. The van der Waals surface area contributed by atoms with E-state index in [9.17, 15) is 0 Å². The fourth-order valence-electron chi connectivity index (χ4n) is 6.71. The van der Waals surface area contributed by atoms with E-state index < -0.39 is 0 Å². The van der Waals surface area contributed by atoms with Crippen molar-refractivity contribution in [3.8, 4) is 34.9 Å². The van der Waals surface area contributed by atoms with Crippen LogP contribution in [-0.2, 0) is 0 Å². The molecule has 0 aliphatic rings. The summed E-state index contributed by atoms with van der Waals surface area (Å²) >= 11 is 0. The summed E-state index contributed by atoms with van der Waals surface area (Å²) in [7, 11) is 9.84. The zero-order valence-corrected chi connectivity index (χ0v) is 23.3. The van der Waals surface area contributed by atoms with E-state index in [4.69, 9.17) is 43.4 Å². The molecule has 0 saturated heterocycles. The predicted molar refractivity (Wildman–Crippen MR) is 152 cm³/mol. The van der Waals surface area contributed by atoms with Crippen LogP contribution in [0.15, 0.2) is 0 Å². The summed E-state index contributed by atoms with van der Waals surface area (Å²) in [6.45, 7) is 5.98. The molecule has 9 nitrogen and oxygen atoms in total. The van der Waals surface area contributed by atoms with Crippen LogP contribution in [0.1, 0.15) is 16.7 Å². The second-order valence-electron chi connectivity index (χ2n) is 9.76. The molecule has 39 heavy (non-hydrogen) atoms. The Morgan fingerprint density at radius 1 is 0.333 bits per heavy atom. The van der Waals surface area contributed by atoms with Crippen LogP contribution in [0.25, 0.3) is 65.0 Å². The number of ether oxygens (including phenoxy) is 6. The average molecular weight is 526 g/mol. The Morgan fingerprint density at radius 2 is 0.590 bits per heavy atom. The molecule has 0 spiro atoms. The third-order valence-electron chi connectivity index (χ3n) is 8.20. The van der Waals surface area contributed by atoms with Gasteiger partial charge in [0.05, 0.1) is 75.4 Å². The molecule has 3 heterocycles. The van der Waals surface area contributed by atoms with Gasteiger partial charge < -0.3 is 28.4 Å². The summed E-state index contributed by atoms with van der Waals surface area (Å²) in [4.78, 5) is 15.1. The lowest BCUT2D eigenvalue weighted by molar-refractivity contribution is 0.392. The summed E-state index contributed by atoms with van der Waals surface area (Å²) in [6.07, 6.45) is 0. The fourth-order valence-corrected chi connectivity index (χ4v) is 6.71. The third kappa shape index (κ3) is 2.49. The largest absolute Gasteiger partial charge is 0.496 e. The standard InChI is InChI=1S/C30H27N3O6/c1-10-22-16-13-17-15-18-14(16)20(29(31-22)38-8)26(35-5)12(3)24(18)33-30(39-9)21(15)27(36-6)11(2)23(17)32-28(37-7)19(13)25(10)34-4/h1-9H3.